The highest BCUT2D eigenvalue weighted by Gasteiger charge is 2.68. The summed E-state index contributed by atoms with van der Waals surface area (Å²) in [4.78, 5) is 12.9. The van der Waals surface area contributed by atoms with Crippen molar-refractivity contribution in [1.29, 1.82) is 0 Å². The molecule has 1 saturated carbocycles. The number of aliphatic hydroxyl groups is 2. The van der Waals surface area contributed by atoms with Crippen LogP contribution in [-0.2, 0) is 9.53 Å². The van der Waals surface area contributed by atoms with Crippen LogP contribution in [0.2, 0.25) is 0 Å². The maximum absolute atomic E-state index is 12.9. The molecule has 0 radical (unpaired) electrons. The Hall–Kier alpha value is -0.710. The maximum atomic E-state index is 12.9. The quantitative estimate of drug-likeness (QED) is 0.671. The molecule has 0 aromatic heterocycles. The SMILES string of the molecule is CC1CCC2C(C)(C=CC3(O)COC(C)(O)C(=O)C23C)C1. The molecule has 4 nitrogen and oxygen atoms in total. The van der Waals surface area contributed by atoms with E-state index in [0.29, 0.717) is 5.92 Å². The summed E-state index contributed by atoms with van der Waals surface area (Å²) in [5.41, 5.74) is -2.43. The predicted molar refractivity (Wildman–Crippen MR) is 78.4 cm³/mol. The summed E-state index contributed by atoms with van der Waals surface area (Å²) in [6, 6.07) is 0. The summed E-state index contributed by atoms with van der Waals surface area (Å²) in [5.74, 6) is -1.56. The lowest BCUT2D eigenvalue weighted by Crippen LogP contribution is -2.71. The number of ketones is 1. The normalized spacial score (nSPS) is 56.8. The van der Waals surface area contributed by atoms with Crippen LogP contribution in [-0.4, -0.2) is 34.0 Å². The second kappa shape index (κ2) is 4.18. The Morgan fingerprint density at radius 3 is 2.52 bits per heavy atom. The first-order valence-electron chi connectivity index (χ1n) is 7.89. The van der Waals surface area contributed by atoms with Gasteiger partial charge in [0.1, 0.15) is 5.60 Å². The van der Waals surface area contributed by atoms with Crippen LogP contribution in [0, 0.1) is 22.7 Å². The molecule has 0 aromatic rings. The van der Waals surface area contributed by atoms with Crippen molar-refractivity contribution in [3.05, 3.63) is 12.2 Å². The van der Waals surface area contributed by atoms with E-state index in [-0.39, 0.29) is 23.7 Å². The molecule has 3 aliphatic rings. The van der Waals surface area contributed by atoms with Gasteiger partial charge in [0.15, 0.2) is 0 Å². The van der Waals surface area contributed by atoms with Crippen LogP contribution in [0.25, 0.3) is 0 Å². The summed E-state index contributed by atoms with van der Waals surface area (Å²) < 4.78 is 5.25. The molecular formula is C17H26O4. The number of fused-ring (bicyclic) bond motifs is 3. The van der Waals surface area contributed by atoms with Gasteiger partial charge in [-0.15, -0.1) is 0 Å². The number of rotatable bonds is 0. The van der Waals surface area contributed by atoms with E-state index in [1.807, 2.05) is 6.92 Å². The molecule has 0 aromatic carbocycles. The van der Waals surface area contributed by atoms with Crippen molar-refractivity contribution in [1.82, 2.24) is 0 Å². The summed E-state index contributed by atoms with van der Waals surface area (Å²) in [6.07, 6.45) is 6.77. The Morgan fingerprint density at radius 2 is 1.86 bits per heavy atom. The van der Waals surface area contributed by atoms with Gasteiger partial charge in [-0.25, -0.2) is 0 Å². The van der Waals surface area contributed by atoms with Gasteiger partial charge in [-0.3, -0.25) is 4.79 Å². The molecule has 4 heteroatoms. The van der Waals surface area contributed by atoms with Gasteiger partial charge in [0.2, 0.25) is 11.6 Å². The fraction of sp³-hybridized carbons (Fsp3) is 0.824. The van der Waals surface area contributed by atoms with Crippen LogP contribution in [0.4, 0.5) is 0 Å². The van der Waals surface area contributed by atoms with Crippen LogP contribution in [0.15, 0.2) is 12.2 Å². The molecule has 1 saturated heterocycles. The zero-order valence-corrected chi connectivity index (χ0v) is 13.3. The highest BCUT2D eigenvalue weighted by atomic mass is 16.6. The molecular weight excluding hydrogens is 268 g/mol. The van der Waals surface area contributed by atoms with Crippen LogP contribution >= 0.6 is 0 Å². The largest absolute Gasteiger partial charge is 0.382 e. The van der Waals surface area contributed by atoms with Gasteiger partial charge in [0.25, 0.3) is 0 Å². The predicted octanol–water partition coefficient (Wildman–Crippen LogP) is 2.04. The Labute approximate surface area is 126 Å². The van der Waals surface area contributed by atoms with Crippen molar-refractivity contribution < 1.29 is 19.7 Å². The van der Waals surface area contributed by atoms with Crippen molar-refractivity contribution in [2.24, 2.45) is 22.7 Å². The average Bonchev–Trinajstić information content (AvgIpc) is 2.39. The number of hydrogen-bond donors (Lipinski definition) is 2. The first kappa shape index (κ1) is 15.2. The smallest absolute Gasteiger partial charge is 0.224 e. The van der Waals surface area contributed by atoms with Gasteiger partial charge < -0.3 is 14.9 Å². The summed E-state index contributed by atoms with van der Waals surface area (Å²) in [7, 11) is 0. The topological polar surface area (TPSA) is 66.8 Å². The number of Topliss-reactive ketones (excluding diaryl/α,β-unsaturated/α-hetero) is 1. The third-order valence-electron chi connectivity index (χ3n) is 6.33. The molecule has 0 spiro atoms. The molecule has 0 bridgehead atoms. The van der Waals surface area contributed by atoms with Crippen molar-refractivity contribution in [3.63, 3.8) is 0 Å². The monoisotopic (exact) mass is 294 g/mol. The van der Waals surface area contributed by atoms with E-state index in [2.05, 4.69) is 19.9 Å². The molecule has 6 atom stereocenters. The van der Waals surface area contributed by atoms with E-state index in [1.54, 1.807) is 6.08 Å². The minimum atomic E-state index is -1.81. The summed E-state index contributed by atoms with van der Waals surface area (Å²) >= 11 is 0. The highest BCUT2D eigenvalue weighted by molar-refractivity contribution is 5.93. The van der Waals surface area contributed by atoms with Crippen LogP contribution in [0.3, 0.4) is 0 Å². The van der Waals surface area contributed by atoms with Crippen molar-refractivity contribution in [3.8, 4) is 0 Å². The molecule has 0 amide bonds. The van der Waals surface area contributed by atoms with Gasteiger partial charge >= 0.3 is 0 Å². The highest BCUT2D eigenvalue weighted by Crippen LogP contribution is 2.61. The van der Waals surface area contributed by atoms with E-state index < -0.39 is 16.8 Å². The average molecular weight is 294 g/mol. The molecule has 3 rings (SSSR count). The lowest BCUT2D eigenvalue weighted by atomic mass is 9.46. The number of carbonyl (C=O) groups excluding carboxylic acids is 1. The molecule has 6 unspecified atom stereocenters. The molecule has 118 valence electrons. The van der Waals surface area contributed by atoms with Gasteiger partial charge in [0.05, 0.1) is 12.0 Å². The summed E-state index contributed by atoms with van der Waals surface area (Å²) in [6.45, 7) is 7.57. The fourth-order valence-electron chi connectivity index (χ4n) is 5.06. The maximum Gasteiger partial charge on any atom is 0.224 e. The Balaban J connectivity index is 2.14. The van der Waals surface area contributed by atoms with E-state index >= 15 is 0 Å². The molecule has 2 aliphatic carbocycles. The number of carbonyl (C=O) groups is 1. The third-order valence-corrected chi connectivity index (χ3v) is 6.33. The lowest BCUT2D eigenvalue weighted by molar-refractivity contribution is -0.274. The Bertz CT molecular complexity index is 511. The number of allylic oxidation sites excluding steroid dienone is 1. The molecule has 1 heterocycles. The fourth-order valence-corrected chi connectivity index (χ4v) is 5.06. The van der Waals surface area contributed by atoms with E-state index in [0.717, 1.165) is 19.3 Å². The third kappa shape index (κ3) is 1.82. The van der Waals surface area contributed by atoms with Crippen LogP contribution in [0.1, 0.15) is 47.0 Å². The minimum absolute atomic E-state index is 0.0269. The Kier molecular flexibility index (Phi) is 3.02. The van der Waals surface area contributed by atoms with Crippen molar-refractivity contribution in [2.45, 2.75) is 58.3 Å². The van der Waals surface area contributed by atoms with Crippen molar-refractivity contribution in [2.75, 3.05) is 6.61 Å². The molecule has 2 N–H and O–H groups in total. The van der Waals surface area contributed by atoms with E-state index in [1.165, 1.54) is 6.92 Å². The van der Waals surface area contributed by atoms with E-state index in [4.69, 9.17) is 4.74 Å². The van der Waals surface area contributed by atoms with Crippen molar-refractivity contribution >= 4 is 5.78 Å². The zero-order valence-electron chi connectivity index (χ0n) is 13.3. The second-order valence-electron chi connectivity index (χ2n) is 8.01. The number of ether oxygens (including phenoxy) is 1. The van der Waals surface area contributed by atoms with Gasteiger partial charge in [-0.05, 0) is 43.9 Å². The van der Waals surface area contributed by atoms with Crippen LogP contribution in [0.5, 0.6) is 0 Å². The molecule has 21 heavy (non-hydrogen) atoms. The van der Waals surface area contributed by atoms with Gasteiger partial charge in [0, 0.05) is 0 Å². The standard InChI is InChI=1S/C17H26O4/c1-11-5-6-12-14(2,9-11)7-8-17(20)10-21-16(4,19)13(18)15(12,17)3/h7-8,11-12,19-20H,5-6,9-10H2,1-4H3. The van der Waals surface area contributed by atoms with Gasteiger partial charge in [-0.2, -0.15) is 0 Å². The first-order chi connectivity index (χ1) is 9.55. The lowest BCUT2D eigenvalue weighted by Gasteiger charge is -2.61. The second-order valence-corrected chi connectivity index (χ2v) is 8.01. The van der Waals surface area contributed by atoms with Gasteiger partial charge in [-0.1, -0.05) is 32.4 Å². The molecule has 2 fully saturated rings. The first-order valence-corrected chi connectivity index (χ1v) is 7.89. The zero-order chi connectivity index (χ0) is 15.7. The Morgan fingerprint density at radius 1 is 1.19 bits per heavy atom. The number of hydrogen-bond acceptors (Lipinski definition) is 4. The van der Waals surface area contributed by atoms with E-state index in [9.17, 15) is 15.0 Å². The minimum Gasteiger partial charge on any atom is -0.382 e. The molecule has 1 aliphatic heterocycles. The van der Waals surface area contributed by atoms with Crippen LogP contribution < -0.4 is 0 Å². The summed E-state index contributed by atoms with van der Waals surface area (Å²) in [5, 5.41) is 21.3.